The number of aromatic nitrogens is 1. The van der Waals surface area contributed by atoms with Crippen molar-refractivity contribution in [1.29, 1.82) is 0 Å². The number of nitrogens with zero attached hydrogens (tertiary/aromatic N) is 1. The number of carbonyl (C=O) groups excluding carboxylic acids is 1. The molecule has 0 aliphatic carbocycles. The van der Waals surface area contributed by atoms with Crippen molar-refractivity contribution >= 4 is 5.78 Å². The van der Waals surface area contributed by atoms with Gasteiger partial charge in [-0.1, -0.05) is 24.3 Å². The van der Waals surface area contributed by atoms with E-state index in [1.807, 2.05) is 12.1 Å². The van der Waals surface area contributed by atoms with Gasteiger partial charge in [-0.3, -0.25) is 9.78 Å². The normalized spacial score (nSPS) is 17.3. The number of hydrogen-bond donors (Lipinski definition) is 1. The molecule has 0 amide bonds. The van der Waals surface area contributed by atoms with Crippen molar-refractivity contribution in [1.82, 2.24) is 10.3 Å². The molecule has 1 saturated heterocycles. The van der Waals surface area contributed by atoms with Crippen molar-refractivity contribution in [2.75, 3.05) is 13.1 Å². The Bertz CT molecular complexity index is 663. The number of halogens is 1. The van der Waals surface area contributed by atoms with Gasteiger partial charge in [-0.05, 0) is 61.5 Å². The first-order valence-electron chi connectivity index (χ1n) is 8.14. The fourth-order valence-electron chi connectivity index (χ4n) is 3.02. The lowest BCUT2D eigenvalue weighted by molar-refractivity contribution is 0.0984. The van der Waals surface area contributed by atoms with Gasteiger partial charge >= 0.3 is 0 Å². The average molecular weight is 312 g/mol. The van der Waals surface area contributed by atoms with Crippen LogP contribution in [0.5, 0.6) is 0 Å². The number of Topliss-reactive ketones (excluding diaryl/α,β-unsaturated/α-hetero) is 1. The minimum Gasteiger partial charge on any atom is -0.316 e. The zero-order valence-corrected chi connectivity index (χ0v) is 13.1. The lowest BCUT2D eigenvalue weighted by Gasteiger charge is -2.08. The number of rotatable bonds is 6. The van der Waals surface area contributed by atoms with Crippen LogP contribution in [0.4, 0.5) is 4.39 Å². The standard InChI is InChI=1S/C19H21FN2O/c20-17-2-1-10-22-19(17)18(23)12-15-6-3-14(4-7-15)5-8-16-9-11-21-13-16/h1-4,6-7,10,16,21H,5,8-9,11-13H2. The molecule has 0 spiro atoms. The van der Waals surface area contributed by atoms with Crippen molar-refractivity contribution < 1.29 is 9.18 Å². The van der Waals surface area contributed by atoms with Crippen LogP contribution in [0.25, 0.3) is 0 Å². The molecular weight excluding hydrogens is 291 g/mol. The number of nitrogens with one attached hydrogen (secondary N) is 1. The van der Waals surface area contributed by atoms with Gasteiger partial charge in [-0.15, -0.1) is 0 Å². The molecule has 3 nitrogen and oxygen atoms in total. The zero-order chi connectivity index (χ0) is 16.1. The van der Waals surface area contributed by atoms with Crippen molar-refractivity contribution in [2.24, 2.45) is 5.92 Å². The molecule has 1 aromatic heterocycles. The first kappa shape index (κ1) is 15.8. The summed E-state index contributed by atoms with van der Waals surface area (Å²) < 4.78 is 13.6. The Morgan fingerprint density at radius 2 is 2.00 bits per heavy atom. The van der Waals surface area contributed by atoms with E-state index in [1.165, 1.54) is 36.7 Å². The van der Waals surface area contributed by atoms with Crippen molar-refractivity contribution in [3.63, 3.8) is 0 Å². The molecule has 0 radical (unpaired) electrons. The topological polar surface area (TPSA) is 42.0 Å². The largest absolute Gasteiger partial charge is 0.316 e. The van der Waals surface area contributed by atoms with E-state index in [4.69, 9.17) is 0 Å². The van der Waals surface area contributed by atoms with E-state index in [1.54, 1.807) is 0 Å². The van der Waals surface area contributed by atoms with Gasteiger partial charge in [0.2, 0.25) is 0 Å². The predicted molar refractivity (Wildman–Crippen MR) is 88.0 cm³/mol. The minimum absolute atomic E-state index is 0.0784. The number of ketones is 1. The highest BCUT2D eigenvalue weighted by Crippen LogP contribution is 2.17. The van der Waals surface area contributed by atoms with E-state index in [-0.39, 0.29) is 17.9 Å². The molecule has 0 saturated carbocycles. The van der Waals surface area contributed by atoms with Crippen molar-refractivity contribution in [3.05, 3.63) is 65.2 Å². The molecule has 2 heterocycles. The summed E-state index contributed by atoms with van der Waals surface area (Å²) in [5, 5.41) is 3.39. The number of carbonyl (C=O) groups is 1. The van der Waals surface area contributed by atoms with E-state index >= 15 is 0 Å². The summed E-state index contributed by atoms with van der Waals surface area (Å²) in [7, 11) is 0. The highest BCUT2D eigenvalue weighted by atomic mass is 19.1. The number of benzene rings is 1. The van der Waals surface area contributed by atoms with E-state index in [2.05, 4.69) is 22.4 Å². The SMILES string of the molecule is O=C(Cc1ccc(CCC2CCNC2)cc1)c1ncccc1F. The summed E-state index contributed by atoms with van der Waals surface area (Å²) in [5.74, 6) is -0.0597. The van der Waals surface area contributed by atoms with Crippen LogP contribution in [0.15, 0.2) is 42.6 Å². The third-order valence-corrected chi connectivity index (χ3v) is 4.41. The third-order valence-electron chi connectivity index (χ3n) is 4.41. The van der Waals surface area contributed by atoms with Crippen LogP contribution in [0.3, 0.4) is 0 Å². The van der Waals surface area contributed by atoms with Gasteiger partial charge in [0, 0.05) is 12.6 Å². The third kappa shape index (κ3) is 4.23. The molecule has 0 bridgehead atoms. The Hall–Kier alpha value is -2.07. The molecule has 120 valence electrons. The summed E-state index contributed by atoms with van der Waals surface area (Å²) in [4.78, 5) is 15.9. The lowest BCUT2D eigenvalue weighted by Crippen LogP contribution is -2.09. The quantitative estimate of drug-likeness (QED) is 0.833. The summed E-state index contributed by atoms with van der Waals surface area (Å²) >= 11 is 0. The number of hydrogen-bond acceptors (Lipinski definition) is 3. The van der Waals surface area contributed by atoms with Crippen LogP contribution in [-0.4, -0.2) is 23.9 Å². The summed E-state index contributed by atoms with van der Waals surface area (Å²) in [6, 6.07) is 10.8. The molecule has 2 aromatic rings. The maximum absolute atomic E-state index is 13.6. The predicted octanol–water partition coefficient (Wildman–Crippen LogP) is 3.19. The first-order valence-corrected chi connectivity index (χ1v) is 8.14. The summed E-state index contributed by atoms with van der Waals surface area (Å²) in [6.07, 6.45) is 5.15. The van der Waals surface area contributed by atoms with Crippen molar-refractivity contribution in [2.45, 2.75) is 25.7 Å². The molecule has 1 atom stereocenters. The minimum atomic E-state index is -0.556. The molecule has 1 aliphatic heterocycles. The van der Waals surface area contributed by atoms with Crippen LogP contribution < -0.4 is 5.32 Å². The molecule has 1 unspecified atom stereocenters. The maximum Gasteiger partial charge on any atom is 0.188 e. The van der Waals surface area contributed by atoms with Crippen LogP contribution in [0, 0.1) is 11.7 Å². The second-order valence-corrected chi connectivity index (χ2v) is 6.15. The van der Waals surface area contributed by atoms with Gasteiger partial charge in [0.1, 0.15) is 5.69 Å². The van der Waals surface area contributed by atoms with Gasteiger partial charge in [0.25, 0.3) is 0 Å². The Kier molecular flexibility index (Phi) is 5.13. The molecule has 1 N–H and O–H groups in total. The smallest absolute Gasteiger partial charge is 0.188 e. The monoisotopic (exact) mass is 312 g/mol. The molecular formula is C19H21FN2O. The Balaban J connectivity index is 1.56. The van der Waals surface area contributed by atoms with Gasteiger partial charge in [-0.25, -0.2) is 4.39 Å². The van der Waals surface area contributed by atoms with Crippen LogP contribution in [0.2, 0.25) is 0 Å². The van der Waals surface area contributed by atoms with Crippen LogP contribution >= 0.6 is 0 Å². The first-order chi connectivity index (χ1) is 11.2. The second-order valence-electron chi connectivity index (χ2n) is 6.15. The van der Waals surface area contributed by atoms with Crippen molar-refractivity contribution in [3.8, 4) is 0 Å². The Morgan fingerprint density at radius 3 is 2.70 bits per heavy atom. The molecule has 1 aromatic carbocycles. The summed E-state index contributed by atoms with van der Waals surface area (Å²) in [6.45, 7) is 2.26. The fourth-order valence-corrected chi connectivity index (χ4v) is 3.02. The number of aryl methyl sites for hydroxylation is 1. The van der Waals surface area contributed by atoms with E-state index in [0.717, 1.165) is 31.0 Å². The lowest BCUT2D eigenvalue weighted by atomic mass is 9.97. The average Bonchev–Trinajstić information content (AvgIpc) is 3.08. The Labute approximate surface area is 135 Å². The highest BCUT2D eigenvalue weighted by molar-refractivity contribution is 5.95. The maximum atomic E-state index is 13.6. The summed E-state index contributed by atoms with van der Waals surface area (Å²) in [5.41, 5.74) is 2.11. The molecule has 1 aliphatic rings. The fraction of sp³-hybridized carbons (Fsp3) is 0.368. The van der Waals surface area contributed by atoms with Gasteiger partial charge < -0.3 is 5.32 Å². The molecule has 23 heavy (non-hydrogen) atoms. The Morgan fingerprint density at radius 1 is 1.22 bits per heavy atom. The highest BCUT2D eigenvalue weighted by Gasteiger charge is 2.15. The van der Waals surface area contributed by atoms with E-state index in [0.29, 0.717) is 0 Å². The zero-order valence-electron chi connectivity index (χ0n) is 13.1. The molecule has 1 fully saturated rings. The van der Waals surface area contributed by atoms with Crippen LogP contribution in [-0.2, 0) is 12.8 Å². The second kappa shape index (κ2) is 7.47. The van der Waals surface area contributed by atoms with E-state index in [9.17, 15) is 9.18 Å². The van der Waals surface area contributed by atoms with Gasteiger partial charge in [0.05, 0.1) is 0 Å². The molecule has 4 heteroatoms. The number of pyridine rings is 1. The van der Waals surface area contributed by atoms with Gasteiger partial charge in [-0.2, -0.15) is 0 Å². The van der Waals surface area contributed by atoms with Crippen LogP contribution in [0.1, 0.15) is 34.5 Å². The van der Waals surface area contributed by atoms with Gasteiger partial charge in [0.15, 0.2) is 11.6 Å². The van der Waals surface area contributed by atoms with E-state index < -0.39 is 5.82 Å². The molecule has 3 rings (SSSR count).